The predicted octanol–water partition coefficient (Wildman–Crippen LogP) is 2.57. The Hall–Kier alpha value is -1.13. The van der Waals surface area contributed by atoms with Crippen LogP contribution in [0.2, 0.25) is 0 Å². The zero-order valence-electron chi connectivity index (χ0n) is 9.18. The number of benzene rings is 1. The van der Waals surface area contributed by atoms with E-state index in [9.17, 15) is 5.11 Å². The number of halogens is 1. The highest BCUT2D eigenvalue weighted by atomic mass is 79.9. The number of hydrogen-bond donors (Lipinski definition) is 1. The summed E-state index contributed by atoms with van der Waals surface area (Å²) in [6, 6.07) is 7.65. The molecule has 0 fully saturated rings. The fraction of sp³-hybridized carbons (Fsp3) is 0.250. The molecule has 0 radical (unpaired) electrons. The van der Waals surface area contributed by atoms with E-state index in [1.54, 1.807) is 4.68 Å². The van der Waals surface area contributed by atoms with Crippen LogP contribution in [0.25, 0.3) is 0 Å². The van der Waals surface area contributed by atoms with Gasteiger partial charge in [-0.25, -0.2) is 0 Å². The minimum Gasteiger partial charge on any atom is -0.382 e. The van der Waals surface area contributed by atoms with Crippen LogP contribution in [0.1, 0.15) is 22.9 Å². The van der Waals surface area contributed by atoms with Gasteiger partial charge in [-0.3, -0.25) is 4.68 Å². The molecule has 84 valence electrons. The van der Waals surface area contributed by atoms with Gasteiger partial charge in [0.15, 0.2) is 0 Å². The summed E-state index contributed by atoms with van der Waals surface area (Å²) in [4.78, 5) is 0. The zero-order valence-corrected chi connectivity index (χ0v) is 10.8. The minimum atomic E-state index is -0.685. The average molecular weight is 281 g/mol. The molecule has 0 aliphatic heterocycles. The van der Waals surface area contributed by atoms with Crippen LogP contribution in [-0.2, 0) is 7.05 Å². The summed E-state index contributed by atoms with van der Waals surface area (Å²) in [6.07, 6.45) is 1.14. The van der Waals surface area contributed by atoms with E-state index >= 15 is 0 Å². The monoisotopic (exact) mass is 280 g/mol. The lowest BCUT2D eigenvalue weighted by Gasteiger charge is -2.12. The highest BCUT2D eigenvalue weighted by Gasteiger charge is 2.16. The summed E-state index contributed by atoms with van der Waals surface area (Å²) < 4.78 is 2.62. The van der Waals surface area contributed by atoms with E-state index in [4.69, 9.17) is 0 Å². The molecule has 16 heavy (non-hydrogen) atoms. The van der Waals surface area contributed by atoms with E-state index in [1.807, 2.05) is 44.4 Å². The van der Waals surface area contributed by atoms with Crippen molar-refractivity contribution in [3.63, 3.8) is 0 Å². The van der Waals surface area contributed by atoms with Gasteiger partial charge in [-0.1, -0.05) is 34.1 Å². The van der Waals surface area contributed by atoms with Gasteiger partial charge in [0, 0.05) is 23.3 Å². The standard InChI is InChI=1S/C12H13BrN2O/c1-8-4-3-5-9(11(8)13)12(16)10-6-7-15(2)14-10/h3-7,12,16H,1-2H3. The number of nitrogens with zero attached hydrogens (tertiary/aromatic N) is 2. The molecule has 1 atom stereocenters. The zero-order chi connectivity index (χ0) is 11.7. The van der Waals surface area contributed by atoms with Crippen molar-refractivity contribution in [1.82, 2.24) is 9.78 Å². The third-order valence-corrected chi connectivity index (χ3v) is 3.61. The van der Waals surface area contributed by atoms with E-state index in [2.05, 4.69) is 21.0 Å². The van der Waals surface area contributed by atoms with Crippen LogP contribution in [0, 0.1) is 6.92 Å². The van der Waals surface area contributed by atoms with Crippen molar-refractivity contribution in [3.05, 3.63) is 51.8 Å². The first kappa shape index (κ1) is 11.4. The van der Waals surface area contributed by atoms with Gasteiger partial charge in [0.2, 0.25) is 0 Å². The molecular formula is C12H13BrN2O. The fourth-order valence-corrected chi connectivity index (χ4v) is 2.10. The second-order valence-electron chi connectivity index (χ2n) is 3.79. The molecule has 0 aliphatic carbocycles. The second-order valence-corrected chi connectivity index (χ2v) is 4.59. The molecule has 0 aliphatic rings. The Morgan fingerprint density at radius 1 is 1.38 bits per heavy atom. The molecule has 0 bridgehead atoms. The largest absolute Gasteiger partial charge is 0.382 e. The summed E-state index contributed by atoms with van der Waals surface area (Å²) in [5, 5.41) is 14.4. The molecule has 1 heterocycles. The number of aryl methyl sites for hydroxylation is 2. The van der Waals surface area contributed by atoms with Gasteiger partial charge in [-0.2, -0.15) is 5.10 Å². The molecule has 0 saturated carbocycles. The molecule has 0 amide bonds. The van der Waals surface area contributed by atoms with Crippen LogP contribution in [0.3, 0.4) is 0 Å². The molecule has 1 aromatic heterocycles. The lowest BCUT2D eigenvalue weighted by molar-refractivity contribution is 0.213. The summed E-state index contributed by atoms with van der Waals surface area (Å²) in [5.74, 6) is 0. The topological polar surface area (TPSA) is 38.0 Å². The van der Waals surface area contributed by atoms with E-state index in [-0.39, 0.29) is 0 Å². The van der Waals surface area contributed by atoms with Crippen molar-refractivity contribution in [2.45, 2.75) is 13.0 Å². The maximum atomic E-state index is 10.2. The fourth-order valence-electron chi connectivity index (χ4n) is 1.62. The molecule has 4 heteroatoms. The van der Waals surface area contributed by atoms with Crippen LogP contribution >= 0.6 is 15.9 Å². The molecule has 0 saturated heterocycles. The van der Waals surface area contributed by atoms with Crippen LogP contribution in [-0.4, -0.2) is 14.9 Å². The molecule has 1 aromatic carbocycles. The molecule has 2 aromatic rings. The van der Waals surface area contributed by atoms with Crippen LogP contribution in [0.5, 0.6) is 0 Å². The van der Waals surface area contributed by atoms with Gasteiger partial charge < -0.3 is 5.11 Å². The molecular weight excluding hydrogens is 268 g/mol. The maximum Gasteiger partial charge on any atom is 0.124 e. The first-order valence-electron chi connectivity index (χ1n) is 5.02. The van der Waals surface area contributed by atoms with E-state index in [0.29, 0.717) is 5.69 Å². The SMILES string of the molecule is Cc1cccc(C(O)c2ccn(C)n2)c1Br. The molecule has 3 nitrogen and oxygen atoms in total. The quantitative estimate of drug-likeness (QED) is 0.918. The average Bonchev–Trinajstić information content (AvgIpc) is 2.68. The third kappa shape index (κ3) is 2.03. The van der Waals surface area contributed by atoms with Crippen molar-refractivity contribution in [2.24, 2.45) is 7.05 Å². The molecule has 2 rings (SSSR count). The van der Waals surface area contributed by atoms with Crippen molar-refractivity contribution < 1.29 is 5.11 Å². The second kappa shape index (κ2) is 4.39. The van der Waals surface area contributed by atoms with Gasteiger partial charge >= 0.3 is 0 Å². The highest BCUT2D eigenvalue weighted by molar-refractivity contribution is 9.10. The lowest BCUT2D eigenvalue weighted by atomic mass is 10.0. The van der Waals surface area contributed by atoms with Crippen LogP contribution < -0.4 is 0 Å². The number of rotatable bonds is 2. The molecule has 0 spiro atoms. The van der Waals surface area contributed by atoms with Crippen LogP contribution in [0.15, 0.2) is 34.9 Å². The van der Waals surface area contributed by atoms with Gasteiger partial charge in [0.25, 0.3) is 0 Å². The Labute approximate surface area is 103 Å². The minimum absolute atomic E-state index is 0.661. The van der Waals surface area contributed by atoms with Crippen molar-refractivity contribution in [3.8, 4) is 0 Å². The Balaban J connectivity index is 2.41. The highest BCUT2D eigenvalue weighted by Crippen LogP contribution is 2.29. The first-order valence-corrected chi connectivity index (χ1v) is 5.81. The maximum absolute atomic E-state index is 10.2. The van der Waals surface area contributed by atoms with Gasteiger partial charge in [-0.05, 0) is 18.6 Å². The van der Waals surface area contributed by atoms with Crippen molar-refractivity contribution >= 4 is 15.9 Å². The number of aliphatic hydroxyl groups is 1. The van der Waals surface area contributed by atoms with Gasteiger partial charge in [0.1, 0.15) is 6.10 Å². The van der Waals surface area contributed by atoms with Crippen molar-refractivity contribution in [1.29, 1.82) is 0 Å². The Morgan fingerprint density at radius 2 is 2.12 bits per heavy atom. The summed E-state index contributed by atoms with van der Waals surface area (Å²) in [7, 11) is 1.83. The number of hydrogen-bond acceptors (Lipinski definition) is 2. The molecule has 1 unspecified atom stereocenters. The van der Waals surface area contributed by atoms with Crippen molar-refractivity contribution in [2.75, 3.05) is 0 Å². The van der Waals surface area contributed by atoms with E-state index in [1.165, 1.54) is 0 Å². The lowest BCUT2D eigenvalue weighted by Crippen LogP contribution is -2.03. The van der Waals surface area contributed by atoms with E-state index in [0.717, 1.165) is 15.6 Å². The van der Waals surface area contributed by atoms with Crippen LogP contribution in [0.4, 0.5) is 0 Å². The Morgan fingerprint density at radius 3 is 2.75 bits per heavy atom. The first-order chi connectivity index (χ1) is 7.59. The predicted molar refractivity (Wildman–Crippen MR) is 66.1 cm³/mol. The summed E-state index contributed by atoms with van der Waals surface area (Å²) in [6.45, 7) is 2.00. The Kier molecular flexibility index (Phi) is 3.12. The third-order valence-electron chi connectivity index (χ3n) is 2.53. The normalized spacial score (nSPS) is 12.8. The van der Waals surface area contributed by atoms with Gasteiger partial charge in [0.05, 0.1) is 5.69 Å². The number of aliphatic hydroxyl groups excluding tert-OH is 1. The van der Waals surface area contributed by atoms with Gasteiger partial charge in [-0.15, -0.1) is 0 Å². The Bertz CT molecular complexity index is 507. The number of aromatic nitrogens is 2. The summed E-state index contributed by atoms with van der Waals surface area (Å²) in [5.41, 5.74) is 2.61. The molecule has 1 N–H and O–H groups in total. The smallest absolute Gasteiger partial charge is 0.124 e. The van der Waals surface area contributed by atoms with E-state index < -0.39 is 6.10 Å². The summed E-state index contributed by atoms with van der Waals surface area (Å²) >= 11 is 3.49.